The highest BCUT2D eigenvalue weighted by atomic mass is 16.5. The van der Waals surface area contributed by atoms with Crippen molar-refractivity contribution < 1.29 is 14.3 Å². The van der Waals surface area contributed by atoms with Gasteiger partial charge in [0.15, 0.2) is 0 Å². The summed E-state index contributed by atoms with van der Waals surface area (Å²) in [6.07, 6.45) is 3.13. The van der Waals surface area contributed by atoms with Crippen LogP contribution in [0.15, 0.2) is 18.2 Å². The van der Waals surface area contributed by atoms with E-state index < -0.39 is 5.92 Å². The van der Waals surface area contributed by atoms with Crippen LogP contribution in [0.3, 0.4) is 0 Å². The predicted octanol–water partition coefficient (Wildman–Crippen LogP) is 2.66. The molecule has 5 nitrogen and oxygen atoms in total. The van der Waals surface area contributed by atoms with E-state index in [-0.39, 0.29) is 17.4 Å². The van der Waals surface area contributed by atoms with Gasteiger partial charge in [-0.1, -0.05) is 12.1 Å². The summed E-state index contributed by atoms with van der Waals surface area (Å²) in [7, 11) is 1.69. The number of hydrogen-bond donors (Lipinski definition) is 0. The maximum absolute atomic E-state index is 13.1. The van der Waals surface area contributed by atoms with Crippen LogP contribution in [0.2, 0.25) is 0 Å². The van der Waals surface area contributed by atoms with Gasteiger partial charge in [0.1, 0.15) is 11.7 Å². The minimum absolute atomic E-state index is 0.00396. The van der Waals surface area contributed by atoms with Crippen molar-refractivity contribution in [2.45, 2.75) is 52.0 Å². The molecular formula is C21H30N2O3. The Hall–Kier alpha value is -2.04. The lowest BCUT2D eigenvalue weighted by atomic mass is 9.91. The highest BCUT2D eigenvalue weighted by Crippen LogP contribution is 2.29. The van der Waals surface area contributed by atoms with E-state index in [9.17, 15) is 9.59 Å². The third-order valence-electron chi connectivity index (χ3n) is 5.59. The van der Waals surface area contributed by atoms with E-state index >= 15 is 0 Å². The molecule has 0 aromatic heterocycles. The summed E-state index contributed by atoms with van der Waals surface area (Å²) in [6.45, 7) is 8.16. The molecule has 0 radical (unpaired) electrons. The molecule has 26 heavy (non-hydrogen) atoms. The molecule has 5 heteroatoms. The molecule has 0 saturated carbocycles. The third kappa shape index (κ3) is 3.57. The molecule has 1 aromatic carbocycles. The maximum Gasteiger partial charge on any atom is 0.235 e. The van der Waals surface area contributed by atoms with Crippen molar-refractivity contribution in [3.63, 3.8) is 0 Å². The van der Waals surface area contributed by atoms with Crippen molar-refractivity contribution in [3.05, 3.63) is 29.3 Å². The molecule has 1 saturated heterocycles. The summed E-state index contributed by atoms with van der Waals surface area (Å²) >= 11 is 0. The Balaban J connectivity index is 1.74. The fourth-order valence-electron chi connectivity index (χ4n) is 4.15. The van der Waals surface area contributed by atoms with Crippen LogP contribution in [0.25, 0.3) is 0 Å². The largest absolute Gasteiger partial charge is 0.496 e. The molecule has 142 valence electrons. The Morgan fingerprint density at radius 1 is 1.15 bits per heavy atom. The molecule has 0 spiro atoms. The molecule has 0 N–H and O–H groups in total. The molecule has 1 unspecified atom stereocenters. The standard InChI is InChI=1S/C21H30N2O3/c1-21(2,3)23-12-6-8-17(20(23)25)19(24)22-13-10-15-7-5-9-18(26-4)16(15)11-14-22/h5,7,9,17H,6,8,10-14H2,1-4H3. The van der Waals surface area contributed by atoms with Crippen LogP contribution in [0, 0.1) is 5.92 Å². The number of nitrogens with zero attached hydrogens (tertiary/aromatic N) is 2. The van der Waals surface area contributed by atoms with E-state index in [1.165, 1.54) is 11.1 Å². The average molecular weight is 358 g/mol. The first-order chi connectivity index (χ1) is 12.3. The maximum atomic E-state index is 13.1. The van der Waals surface area contributed by atoms with Gasteiger partial charge in [-0.2, -0.15) is 0 Å². The summed E-state index contributed by atoms with van der Waals surface area (Å²) < 4.78 is 5.48. The fraction of sp³-hybridized carbons (Fsp3) is 0.619. The zero-order chi connectivity index (χ0) is 18.9. The number of methoxy groups -OCH3 is 1. The van der Waals surface area contributed by atoms with Crippen LogP contribution < -0.4 is 4.74 Å². The van der Waals surface area contributed by atoms with Gasteiger partial charge in [0.25, 0.3) is 0 Å². The van der Waals surface area contributed by atoms with Crippen molar-refractivity contribution in [2.24, 2.45) is 5.92 Å². The Morgan fingerprint density at radius 2 is 1.88 bits per heavy atom. The van der Waals surface area contributed by atoms with Gasteiger partial charge in [-0.25, -0.2) is 0 Å². The topological polar surface area (TPSA) is 49.9 Å². The summed E-state index contributed by atoms with van der Waals surface area (Å²) in [5.74, 6) is 0.361. The van der Waals surface area contributed by atoms with Crippen molar-refractivity contribution in [2.75, 3.05) is 26.7 Å². The van der Waals surface area contributed by atoms with Crippen LogP contribution >= 0.6 is 0 Å². The Kier molecular flexibility index (Phi) is 5.26. The van der Waals surface area contributed by atoms with Crippen LogP contribution in [-0.4, -0.2) is 53.9 Å². The lowest BCUT2D eigenvalue weighted by molar-refractivity contribution is -0.153. The Bertz CT molecular complexity index is 693. The molecular weight excluding hydrogens is 328 g/mol. The zero-order valence-electron chi connectivity index (χ0n) is 16.4. The molecule has 2 heterocycles. The molecule has 1 fully saturated rings. The normalized spacial score (nSPS) is 21.2. The first-order valence-corrected chi connectivity index (χ1v) is 9.58. The molecule has 1 aromatic rings. The molecule has 2 amide bonds. The highest BCUT2D eigenvalue weighted by Gasteiger charge is 2.40. The van der Waals surface area contributed by atoms with Gasteiger partial charge in [-0.3, -0.25) is 9.59 Å². The number of piperidine rings is 1. The van der Waals surface area contributed by atoms with Gasteiger partial charge in [0.2, 0.25) is 11.8 Å². The SMILES string of the molecule is COc1cccc2c1CCN(C(=O)C1CCCN(C(C)(C)C)C1=O)CC2. The highest BCUT2D eigenvalue weighted by molar-refractivity contribution is 6.01. The van der Waals surface area contributed by atoms with E-state index in [1.807, 2.05) is 42.7 Å². The van der Waals surface area contributed by atoms with Gasteiger partial charge in [-0.05, 0) is 63.6 Å². The van der Waals surface area contributed by atoms with E-state index in [0.29, 0.717) is 19.5 Å². The van der Waals surface area contributed by atoms with Crippen molar-refractivity contribution >= 4 is 11.8 Å². The van der Waals surface area contributed by atoms with Crippen LogP contribution in [0.1, 0.15) is 44.7 Å². The van der Waals surface area contributed by atoms with Gasteiger partial charge in [0, 0.05) is 25.2 Å². The molecule has 0 bridgehead atoms. The van der Waals surface area contributed by atoms with Crippen molar-refractivity contribution in [3.8, 4) is 5.75 Å². The third-order valence-corrected chi connectivity index (χ3v) is 5.59. The smallest absolute Gasteiger partial charge is 0.235 e. The average Bonchev–Trinajstić information content (AvgIpc) is 2.83. The van der Waals surface area contributed by atoms with Gasteiger partial charge in [-0.15, -0.1) is 0 Å². The number of rotatable bonds is 2. The number of hydrogen-bond acceptors (Lipinski definition) is 3. The summed E-state index contributed by atoms with van der Waals surface area (Å²) in [5, 5.41) is 0. The van der Waals surface area contributed by atoms with Crippen LogP contribution in [0.4, 0.5) is 0 Å². The lowest BCUT2D eigenvalue weighted by Gasteiger charge is -2.41. The van der Waals surface area contributed by atoms with Gasteiger partial charge >= 0.3 is 0 Å². The number of carbonyl (C=O) groups excluding carboxylic acids is 2. The monoisotopic (exact) mass is 358 g/mol. The summed E-state index contributed by atoms with van der Waals surface area (Å²) in [4.78, 5) is 29.8. The number of carbonyl (C=O) groups is 2. The van der Waals surface area contributed by atoms with E-state index in [4.69, 9.17) is 4.74 Å². The minimum atomic E-state index is -0.522. The lowest BCUT2D eigenvalue weighted by Crippen LogP contribution is -2.55. The number of fused-ring (bicyclic) bond motifs is 1. The van der Waals surface area contributed by atoms with E-state index in [0.717, 1.165) is 31.6 Å². The second-order valence-corrected chi connectivity index (χ2v) is 8.28. The number of benzene rings is 1. The minimum Gasteiger partial charge on any atom is -0.496 e. The quantitative estimate of drug-likeness (QED) is 0.764. The van der Waals surface area contributed by atoms with E-state index in [2.05, 4.69) is 6.07 Å². The van der Waals surface area contributed by atoms with Crippen LogP contribution in [-0.2, 0) is 22.4 Å². The van der Waals surface area contributed by atoms with Crippen LogP contribution in [0.5, 0.6) is 5.75 Å². The molecule has 0 aliphatic carbocycles. The molecule has 2 aliphatic rings. The molecule has 3 rings (SSSR count). The second-order valence-electron chi connectivity index (χ2n) is 8.28. The van der Waals surface area contributed by atoms with Gasteiger partial charge in [0.05, 0.1) is 7.11 Å². The predicted molar refractivity (Wildman–Crippen MR) is 101 cm³/mol. The van der Waals surface area contributed by atoms with E-state index in [1.54, 1.807) is 7.11 Å². The van der Waals surface area contributed by atoms with Crippen molar-refractivity contribution in [1.82, 2.24) is 9.80 Å². The van der Waals surface area contributed by atoms with Gasteiger partial charge < -0.3 is 14.5 Å². The summed E-state index contributed by atoms with van der Waals surface area (Å²) in [5.41, 5.74) is 2.20. The Labute approximate surface area is 156 Å². The first-order valence-electron chi connectivity index (χ1n) is 9.58. The zero-order valence-corrected chi connectivity index (χ0v) is 16.4. The first kappa shape index (κ1) is 18.7. The number of ether oxygens (including phenoxy) is 1. The number of amides is 2. The fourth-order valence-corrected chi connectivity index (χ4v) is 4.15. The Morgan fingerprint density at radius 3 is 2.58 bits per heavy atom. The molecule has 1 atom stereocenters. The number of likely N-dealkylation sites (tertiary alicyclic amines) is 1. The second kappa shape index (κ2) is 7.29. The van der Waals surface area contributed by atoms with Crippen molar-refractivity contribution in [1.29, 1.82) is 0 Å². The molecule has 2 aliphatic heterocycles. The summed E-state index contributed by atoms with van der Waals surface area (Å²) in [6, 6.07) is 6.09.